The van der Waals surface area contributed by atoms with Gasteiger partial charge in [0, 0.05) is 6.54 Å². The van der Waals surface area contributed by atoms with Crippen molar-refractivity contribution in [2.24, 2.45) is 16.9 Å². The van der Waals surface area contributed by atoms with Crippen molar-refractivity contribution in [3.05, 3.63) is 0 Å². The number of carbonyl (C=O) groups is 2. The Balaban J connectivity index is 4.67. The molecule has 1 atom stereocenters. The maximum absolute atomic E-state index is 12.1. The Morgan fingerprint density at radius 3 is 2.18 bits per heavy atom. The largest absolute Gasteiger partial charge is 0.368 e. The molecule has 17 heavy (non-hydrogen) atoms. The van der Waals surface area contributed by atoms with Crippen LogP contribution in [0.5, 0.6) is 0 Å². The summed E-state index contributed by atoms with van der Waals surface area (Å²) in [6.07, 6.45) is 1.79. The summed E-state index contributed by atoms with van der Waals surface area (Å²) in [5, 5.41) is 0. The van der Waals surface area contributed by atoms with Gasteiger partial charge in [-0.1, -0.05) is 34.1 Å². The minimum Gasteiger partial charge on any atom is -0.368 e. The molecule has 0 aliphatic rings. The fraction of sp³-hybridized carbons (Fsp3) is 0.833. The van der Waals surface area contributed by atoms with Gasteiger partial charge in [-0.2, -0.15) is 0 Å². The standard InChI is InChI=1S/C12H25N3O2/c1-5-6-7-15(8-9(13)16)11(17)10(14)12(2,3)4/h10H,5-8,14H2,1-4H3,(H2,13,16). The van der Waals surface area contributed by atoms with Crippen LogP contribution in [0.2, 0.25) is 0 Å². The molecular formula is C12H25N3O2. The van der Waals surface area contributed by atoms with Crippen molar-refractivity contribution in [2.75, 3.05) is 13.1 Å². The molecule has 0 saturated carbocycles. The van der Waals surface area contributed by atoms with Crippen LogP contribution in [-0.4, -0.2) is 35.8 Å². The average molecular weight is 243 g/mol. The van der Waals surface area contributed by atoms with Crippen molar-refractivity contribution in [1.29, 1.82) is 0 Å². The molecule has 2 amide bonds. The summed E-state index contributed by atoms with van der Waals surface area (Å²) in [7, 11) is 0. The van der Waals surface area contributed by atoms with Gasteiger partial charge < -0.3 is 16.4 Å². The normalized spacial score (nSPS) is 13.2. The number of carbonyl (C=O) groups excluding carboxylic acids is 2. The van der Waals surface area contributed by atoms with Gasteiger partial charge in [-0.3, -0.25) is 9.59 Å². The van der Waals surface area contributed by atoms with Crippen molar-refractivity contribution in [1.82, 2.24) is 4.90 Å². The predicted octanol–water partition coefficient (Wildman–Crippen LogP) is 0.474. The molecule has 0 aromatic carbocycles. The first-order valence-electron chi connectivity index (χ1n) is 6.02. The highest BCUT2D eigenvalue weighted by molar-refractivity contribution is 5.87. The highest BCUT2D eigenvalue weighted by Crippen LogP contribution is 2.19. The maximum Gasteiger partial charge on any atom is 0.240 e. The third-order valence-corrected chi connectivity index (χ3v) is 2.64. The lowest BCUT2D eigenvalue weighted by molar-refractivity contribution is -0.138. The minimum atomic E-state index is -0.612. The fourth-order valence-electron chi connectivity index (χ4n) is 1.37. The van der Waals surface area contributed by atoms with E-state index >= 15 is 0 Å². The molecule has 0 aromatic rings. The van der Waals surface area contributed by atoms with E-state index in [0.717, 1.165) is 12.8 Å². The predicted molar refractivity (Wildman–Crippen MR) is 68.1 cm³/mol. The summed E-state index contributed by atoms with van der Waals surface area (Å²) in [4.78, 5) is 24.5. The zero-order valence-electron chi connectivity index (χ0n) is 11.3. The van der Waals surface area contributed by atoms with Crippen molar-refractivity contribution < 1.29 is 9.59 Å². The highest BCUT2D eigenvalue weighted by Gasteiger charge is 2.31. The molecule has 100 valence electrons. The van der Waals surface area contributed by atoms with Crippen LogP contribution in [0.4, 0.5) is 0 Å². The Kier molecular flexibility index (Phi) is 6.16. The van der Waals surface area contributed by atoms with E-state index in [1.54, 1.807) is 0 Å². The van der Waals surface area contributed by atoms with Gasteiger partial charge in [-0.15, -0.1) is 0 Å². The first-order chi connectivity index (χ1) is 7.70. The highest BCUT2D eigenvalue weighted by atomic mass is 16.2. The van der Waals surface area contributed by atoms with Gasteiger partial charge in [-0.05, 0) is 11.8 Å². The van der Waals surface area contributed by atoms with E-state index in [4.69, 9.17) is 11.5 Å². The van der Waals surface area contributed by atoms with Crippen LogP contribution >= 0.6 is 0 Å². The van der Waals surface area contributed by atoms with Crippen LogP contribution in [0.15, 0.2) is 0 Å². The zero-order valence-corrected chi connectivity index (χ0v) is 11.3. The lowest BCUT2D eigenvalue weighted by Crippen LogP contribution is -2.52. The van der Waals surface area contributed by atoms with Crippen molar-refractivity contribution in [3.8, 4) is 0 Å². The summed E-state index contributed by atoms with van der Waals surface area (Å²) in [6.45, 7) is 8.20. The van der Waals surface area contributed by atoms with Crippen LogP contribution in [-0.2, 0) is 9.59 Å². The quantitative estimate of drug-likeness (QED) is 0.710. The van der Waals surface area contributed by atoms with Gasteiger partial charge in [0.1, 0.15) is 0 Å². The van der Waals surface area contributed by atoms with Gasteiger partial charge in [-0.25, -0.2) is 0 Å². The van der Waals surface area contributed by atoms with Gasteiger partial charge in [0.15, 0.2) is 0 Å². The van der Waals surface area contributed by atoms with E-state index in [1.165, 1.54) is 4.90 Å². The maximum atomic E-state index is 12.1. The second-order valence-electron chi connectivity index (χ2n) is 5.42. The summed E-state index contributed by atoms with van der Waals surface area (Å²) in [5.41, 5.74) is 10.7. The Bertz CT molecular complexity index is 271. The zero-order chi connectivity index (χ0) is 13.6. The molecule has 0 spiro atoms. The summed E-state index contributed by atoms with van der Waals surface area (Å²) < 4.78 is 0. The van der Waals surface area contributed by atoms with Crippen LogP contribution in [0.1, 0.15) is 40.5 Å². The minimum absolute atomic E-state index is 0.0530. The summed E-state index contributed by atoms with van der Waals surface area (Å²) in [6, 6.07) is -0.612. The van der Waals surface area contributed by atoms with E-state index in [2.05, 4.69) is 0 Å². The lowest BCUT2D eigenvalue weighted by Gasteiger charge is -2.31. The Labute approximate surface area is 104 Å². The van der Waals surface area contributed by atoms with Crippen LogP contribution in [0.3, 0.4) is 0 Å². The van der Waals surface area contributed by atoms with Gasteiger partial charge in [0.25, 0.3) is 0 Å². The first-order valence-corrected chi connectivity index (χ1v) is 6.02. The molecule has 0 bridgehead atoms. The van der Waals surface area contributed by atoms with Crippen molar-refractivity contribution in [2.45, 2.75) is 46.6 Å². The van der Waals surface area contributed by atoms with Crippen LogP contribution in [0, 0.1) is 5.41 Å². The van der Waals surface area contributed by atoms with Crippen LogP contribution < -0.4 is 11.5 Å². The number of nitrogens with zero attached hydrogens (tertiary/aromatic N) is 1. The first kappa shape index (κ1) is 15.9. The van der Waals surface area contributed by atoms with E-state index in [9.17, 15) is 9.59 Å². The molecule has 1 unspecified atom stereocenters. The van der Waals surface area contributed by atoms with Gasteiger partial charge >= 0.3 is 0 Å². The number of nitrogens with two attached hydrogens (primary N) is 2. The second-order valence-corrected chi connectivity index (χ2v) is 5.42. The SMILES string of the molecule is CCCCN(CC(N)=O)C(=O)C(N)C(C)(C)C. The molecule has 0 rings (SSSR count). The van der Waals surface area contributed by atoms with E-state index in [-0.39, 0.29) is 17.9 Å². The fourth-order valence-corrected chi connectivity index (χ4v) is 1.37. The van der Waals surface area contributed by atoms with Gasteiger partial charge in [0.2, 0.25) is 11.8 Å². The summed E-state index contributed by atoms with van der Waals surface area (Å²) >= 11 is 0. The topological polar surface area (TPSA) is 89.4 Å². The lowest BCUT2D eigenvalue weighted by atomic mass is 9.86. The number of rotatable bonds is 6. The number of unbranched alkanes of at least 4 members (excludes halogenated alkanes) is 1. The summed E-state index contributed by atoms with van der Waals surface area (Å²) in [5.74, 6) is -0.708. The molecule has 5 heteroatoms. The number of hydrogen-bond donors (Lipinski definition) is 2. The molecule has 0 saturated heterocycles. The molecule has 0 heterocycles. The van der Waals surface area contributed by atoms with Crippen molar-refractivity contribution in [3.63, 3.8) is 0 Å². The van der Waals surface area contributed by atoms with Crippen LogP contribution in [0.25, 0.3) is 0 Å². The number of amides is 2. The third-order valence-electron chi connectivity index (χ3n) is 2.64. The Hall–Kier alpha value is -1.10. The third kappa shape index (κ3) is 5.68. The molecule has 0 fully saturated rings. The van der Waals surface area contributed by atoms with Gasteiger partial charge in [0.05, 0.1) is 12.6 Å². The molecule has 0 aliphatic heterocycles. The molecule has 5 nitrogen and oxygen atoms in total. The number of primary amides is 1. The van der Waals surface area contributed by atoms with Crippen molar-refractivity contribution >= 4 is 11.8 Å². The molecule has 0 radical (unpaired) electrons. The Morgan fingerprint density at radius 1 is 1.29 bits per heavy atom. The molecule has 0 aliphatic carbocycles. The molecule has 0 aromatic heterocycles. The average Bonchev–Trinajstić information content (AvgIpc) is 2.20. The van der Waals surface area contributed by atoms with E-state index in [0.29, 0.717) is 6.54 Å². The second kappa shape index (κ2) is 6.59. The number of hydrogen-bond acceptors (Lipinski definition) is 3. The monoisotopic (exact) mass is 243 g/mol. The molecule has 4 N–H and O–H groups in total. The van der Waals surface area contributed by atoms with E-state index in [1.807, 2.05) is 27.7 Å². The molecular weight excluding hydrogens is 218 g/mol. The van der Waals surface area contributed by atoms with E-state index < -0.39 is 11.9 Å². The Morgan fingerprint density at radius 2 is 1.82 bits per heavy atom. The smallest absolute Gasteiger partial charge is 0.240 e.